The van der Waals surface area contributed by atoms with E-state index in [0.717, 1.165) is 11.4 Å². The molecule has 3 nitrogen and oxygen atoms in total. The molecular formula is C9H13N3. The number of hydrogen-bond acceptors (Lipinski definition) is 2. The quantitative estimate of drug-likeness (QED) is 0.717. The van der Waals surface area contributed by atoms with E-state index in [1.54, 1.807) is 0 Å². The summed E-state index contributed by atoms with van der Waals surface area (Å²) in [5.74, 6) is 0. The number of aromatic nitrogens is 1. The number of rotatable bonds is 2. The summed E-state index contributed by atoms with van der Waals surface area (Å²) >= 11 is 0. The molecule has 0 saturated carbocycles. The Balaban J connectivity index is 2.89. The monoisotopic (exact) mass is 163 g/mol. The van der Waals surface area contributed by atoms with Crippen molar-refractivity contribution in [3.63, 3.8) is 0 Å². The number of H-pyrrole nitrogens is 1. The number of aryl methyl sites for hydroxylation is 1. The van der Waals surface area contributed by atoms with Crippen LogP contribution >= 0.6 is 0 Å². The van der Waals surface area contributed by atoms with Crippen LogP contribution in [-0.4, -0.2) is 24.0 Å². The van der Waals surface area contributed by atoms with Crippen molar-refractivity contribution in [2.45, 2.75) is 13.0 Å². The summed E-state index contributed by atoms with van der Waals surface area (Å²) in [6, 6.07) is 5.98. The summed E-state index contributed by atoms with van der Waals surface area (Å²) in [7, 11) is 3.79. The van der Waals surface area contributed by atoms with Gasteiger partial charge in [-0.3, -0.25) is 4.90 Å². The van der Waals surface area contributed by atoms with Gasteiger partial charge in [0.25, 0.3) is 0 Å². The molecule has 0 spiro atoms. The molecule has 1 atom stereocenters. The number of aromatic amines is 1. The van der Waals surface area contributed by atoms with Gasteiger partial charge in [-0.05, 0) is 33.2 Å². The Bertz CT molecular complexity index is 293. The summed E-state index contributed by atoms with van der Waals surface area (Å²) in [4.78, 5) is 5.02. The molecule has 12 heavy (non-hydrogen) atoms. The molecule has 0 aliphatic rings. The fraction of sp³-hybridized carbons (Fsp3) is 0.444. The van der Waals surface area contributed by atoms with Crippen molar-refractivity contribution in [1.29, 1.82) is 5.26 Å². The van der Waals surface area contributed by atoms with E-state index in [1.165, 1.54) is 0 Å². The van der Waals surface area contributed by atoms with Gasteiger partial charge in [0.05, 0.1) is 6.07 Å². The van der Waals surface area contributed by atoms with E-state index in [1.807, 2.05) is 38.1 Å². The molecule has 1 unspecified atom stereocenters. The van der Waals surface area contributed by atoms with Gasteiger partial charge in [0, 0.05) is 11.4 Å². The Hall–Kier alpha value is -1.27. The maximum Gasteiger partial charge on any atom is 0.138 e. The van der Waals surface area contributed by atoms with E-state index >= 15 is 0 Å². The second-order valence-electron chi connectivity index (χ2n) is 3.09. The second kappa shape index (κ2) is 3.42. The van der Waals surface area contributed by atoms with Crippen LogP contribution in [0.2, 0.25) is 0 Å². The van der Waals surface area contributed by atoms with E-state index in [0.29, 0.717) is 0 Å². The van der Waals surface area contributed by atoms with Gasteiger partial charge in [-0.15, -0.1) is 0 Å². The highest BCUT2D eigenvalue weighted by molar-refractivity contribution is 5.19. The maximum atomic E-state index is 8.85. The van der Waals surface area contributed by atoms with Crippen LogP contribution in [0.1, 0.15) is 17.4 Å². The van der Waals surface area contributed by atoms with Gasteiger partial charge in [0.1, 0.15) is 6.04 Å². The second-order valence-corrected chi connectivity index (χ2v) is 3.09. The first-order valence-corrected chi connectivity index (χ1v) is 3.86. The average molecular weight is 163 g/mol. The van der Waals surface area contributed by atoms with E-state index < -0.39 is 0 Å². The van der Waals surface area contributed by atoms with Crippen molar-refractivity contribution in [1.82, 2.24) is 9.88 Å². The van der Waals surface area contributed by atoms with Crippen LogP contribution in [0.4, 0.5) is 0 Å². The van der Waals surface area contributed by atoms with E-state index in [9.17, 15) is 0 Å². The molecule has 64 valence electrons. The van der Waals surface area contributed by atoms with Gasteiger partial charge in [-0.25, -0.2) is 0 Å². The standard InChI is InChI=1S/C9H13N3/c1-7-4-5-8(11-7)9(6-10)12(2)3/h4-5,9,11H,1-3H3. The van der Waals surface area contributed by atoms with E-state index in [4.69, 9.17) is 5.26 Å². The van der Waals surface area contributed by atoms with Crippen molar-refractivity contribution in [3.8, 4) is 6.07 Å². The van der Waals surface area contributed by atoms with Crippen molar-refractivity contribution < 1.29 is 0 Å². The smallest absolute Gasteiger partial charge is 0.138 e. The lowest BCUT2D eigenvalue weighted by molar-refractivity contribution is 0.353. The van der Waals surface area contributed by atoms with E-state index in [-0.39, 0.29) is 6.04 Å². The molecule has 1 aromatic rings. The van der Waals surface area contributed by atoms with Crippen LogP contribution < -0.4 is 0 Å². The van der Waals surface area contributed by atoms with Gasteiger partial charge >= 0.3 is 0 Å². The molecule has 0 radical (unpaired) electrons. The van der Waals surface area contributed by atoms with Crippen molar-refractivity contribution in [3.05, 3.63) is 23.5 Å². The molecule has 0 bridgehead atoms. The predicted octanol–water partition coefficient (Wildman–Crippen LogP) is 1.45. The number of hydrogen-bond donors (Lipinski definition) is 1. The molecule has 1 aromatic heterocycles. The third-order valence-electron chi connectivity index (χ3n) is 1.79. The van der Waals surface area contributed by atoms with E-state index in [2.05, 4.69) is 11.1 Å². The lowest BCUT2D eigenvalue weighted by Crippen LogP contribution is -2.18. The lowest BCUT2D eigenvalue weighted by atomic mass is 10.2. The van der Waals surface area contributed by atoms with Gasteiger partial charge < -0.3 is 4.98 Å². The molecule has 1 rings (SSSR count). The topological polar surface area (TPSA) is 42.8 Å². The summed E-state index contributed by atoms with van der Waals surface area (Å²) in [6.07, 6.45) is 0. The van der Waals surface area contributed by atoms with Gasteiger partial charge in [-0.1, -0.05) is 0 Å². The minimum absolute atomic E-state index is 0.168. The van der Waals surface area contributed by atoms with Gasteiger partial charge in [-0.2, -0.15) is 5.26 Å². The zero-order valence-electron chi connectivity index (χ0n) is 7.63. The largest absolute Gasteiger partial charge is 0.360 e. The molecule has 0 aromatic carbocycles. The first-order chi connectivity index (χ1) is 5.65. The molecular weight excluding hydrogens is 150 g/mol. The Morgan fingerprint density at radius 2 is 2.17 bits per heavy atom. The fourth-order valence-electron chi connectivity index (χ4n) is 1.15. The van der Waals surface area contributed by atoms with Gasteiger partial charge in [0.15, 0.2) is 0 Å². The summed E-state index contributed by atoms with van der Waals surface area (Å²) in [6.45, 7) is 1.98. The highest BCUT2D eigenvalue weighted by Crippen LogP contribution is 2.15. The van der Waals surface area contributed by atoms with Crippen LogP contribution in [0.5, 0.6) is 0 Å². The Morgan fingerprint density at radius 3 is 2.50 bits per heavy atom. The highest BCUT2D eigenvalue weighted by atomic mass is 15.1. The molecule has 0 saturated heterocycles. The summed E-state index contributed by atoms with van der Waals surface area (Å²) < 4.78 is 0. The number of nitrogens with one attached hydrogen (secondary N) is 1. The SMILES string of the molecule is Cc1ccc(C(C#N)N(C)C)[nH]1. The van der Waals surface area contributed by atoms with Crippen molar-refractivity contribution in [2.75, 3.05) is 14.1 Å². The van der Waals surface area contributed by atoms with Crippen LogP contribution in [0.15, 0.2) is 12.1 Å². The Kier molecular flexibility index (Phi) is 2.51. The molecule has 0 amide bonds. The Labute approximate surface area is 72.6 Å². The van der Waals surface area contributed by atoms with Crippen LogP contribution in [0.25, 0.3) is 0 Å². The maximum absolute atomic E-state index is 8.85. The van der Waals surface area contributed by atoms with Crippen molar-refractivity contribution in [2.24, 2.45) is 0 Å². The minimum atomic E-state index is -0.168. The third kappa shape index (κ3) is 1.66. The van der Waals surface area contributed by atoms with Crippen LogP contribution in [0.3, 0.4) is 0 Å². The van der Waals surface area contributed by atoms with Crippen molar-refractivity contribution >= 4 is 0 Å². The minimum Gasteiger partial charge on any atom is -0.360 e. The fourth-order valence-corrected chi connectivity index (χ4v) is 1.15. The summed E-state index contributed by atoms with van der Waals surface area (Å²) in [5.41, 5.74) is 2.05. The van der Waals surface area contributed by atoms with Crippen LogP contribution in [0, 0.1) is 18.3 Å². The zero-order valence-corrected chi connectivity index (χ0v) is 7.63. The molecule has 0 aliphatic carbocycles. The number of nitriles is 1. The molecule has 1 N–H and O–H groups in total. The Morgan fingerprint density at radius 1 is 1.50 bits per heavy atom. The molecule has 3 heteroatoms. The predicted molar refractivity (Wildman–Crippen MR) is 47.6 cm³/mol. The average Bonchev–Trinajstić information content (AvgIpc) is 2.37. The third-order valence-corrected chi connectivity index (χ3v) is 1.79. The number of nitrogens with zero attached hydrogens (tertiary/aromatic N) is 2. The molecule has 1 heterocycles. The lowest BCUT2D eigenvalue weighted by Gasteiger charge is -2.15. The van der Waals surface area contributed by atoms with Gasteiger partial charge in [0.2, 0.25) is 0 Å². The first kappa shape index (κ1) is 8.82. The summed E-state index contributed by atoms with van der Waals surface area (Å²) in [5, 5.41) is 8.85. The molecule has 0 aliphatic heterocycles. The normalized spacial score (nSPS) is 12.9. The molecule has 0 fully saturated rings. The van der Waals surface area contributed by atoms with Crippen LogP contribution in [-0.2, 0) is 0 Å². The zero-order chi connectivity index (χ0) is 9.14. The highest BCUT2D eigenvalue weighted by Gasteiger charge is 2.13. The first-order valence-electron chi connectivity index (χ1n) is 3.86.